The molecule has 0 spiro atoms. The van der Waals surface area contributed by atoms with Gasteiger partial charge in [-0.25, -0.2) is 0 Å². The zero-order chi connectivity index (χ0) is 13.7. The monoisotopic (exact) mass is 360 g/mol. The summed E-state index contributed by atoms with van der Waals surface area (Å²) in [4.78, 5) is 12.0. The minimum absolute atomic E-state index is 0. The molecule has 2 N–H and O–H groups in total. The van der Waals surface area contributed by atoms with E-state index >= 15 is 0 Å². The average molecular weight is 362 g/mol. The quantitative estimate of drug-likeness (QED) is 0.865. The van der Waals surface area contributed by atoms with Crippen LogP contribution in [-0.2, 0) is 11.2 Å². The van der Waals surface area contributed by atoms with Crippen LogP contribution in [0, 0.1) is 0 Å². The largest absolute Gasteiger partial charge is 0.353 e. The molecule has 20 heavy (non-hydrogen) atoms. The van der Waals surface area contributed by atoms with Gasteiger partial charge in [-0.1, -0.05) is 34.1 Å². The second-order valence-electron chi connectivity index (χ2n) is 5.24. The lowest BCUT2D eigenvalue weighted by molar-refractivity contribution is -0.122. The molecule has 0 aliphatic carbocycles. The Bertz CT molecular complexity index is 442. The minimum atomic E-state index is 0. The maximum Gasteiger partial charge on any atom is 0.220 e. The maximum absolute atomic E-state index is 12.0. The van der Waals surface area contributed by atoms with Gasteiger partial charge in [-0.15, -0.1) is 12.4 Å². The number of amides is 1. The molecule has 112 valence electrons. The standard InChI is InChI=1S/C15H21BrN2O.ClH/c1-11-10-13(8-9-17-11)18-15(19)7-6-12-4-2-3-5-14(12)16;/h2-5,11,13,17H,6-10H2,1H3,(H,18,19);1H. The zero-order valence-electron chi connectivity index (χ0n) is 11.7. The summed E-state index contributed by atoms with van der Waals surface area (Å²) >= 11 is 3.51. The summed E-state index contributed by atoms with van der Waals surface area (Å²) in [6, 6.07) is 8.91. The molecule has 1 saturated heterocycles. The minimum Gasteiger partial charge on any atom is -0.353 e. The number of carbonyl (C=O) groups excluding carboxylic acids is 1. The van der Waals surface area contributed by atoms with Crippen LogP contribution in [0.4, 0.5) is 0 Å². The van der Waals surface area contributed by atoms with Crippen LogP contribution >= 0.6 is 28.3 Å². The molecule has 2 unspecified atom stereocenters. The van der Waals surface area contributed by atoms with Crippen molar-refractivity contribution in [3.8, 4) is 0 Å². The van der Waals surface area contributed by atoms with Gasteiger partial charge in [0.25, 0.3) is 0 Å². The predicted molar refractivity (Wildman–Crippen MR) is 88.3 cm³/mol. The highest BCUT2D eigenvalue weighted by atomic mass is 79.9. The number of halogens is 2. The summed E-state index contributed by atoms with van der Waals surface area (Å²) < 4.78 is 1.08. The van der Waals surface area contributed by atoms with Gasteiger partial charge in [0, 0.05) is 23.0 Å². The fourth-order valence-corrected chi connectivity index (χ4v) is 3.00. The van der Waals surface area contributed by atoms with Crippen molar-refractivity contribution in [1.29, 1.82) is 0 Å². The van der Waals surface area contributed by atoms with Crippen molar-refractivity contribution in [3.63, 3.8) is 0 Å². The topological polar surface area (TPSA) is 41.1 Å². The molecule has 1 aromatic rings. The Balaban J connectivity index is 0.00000200. The van der Waals surface area contributed by atoms with E-state index in [4.69, 9.17) is 0 Å². The van der Waals surface area contributed by atoms with Crippen molar-refractivity contribution in [1.82, 2.24) is 10.6 Å². The predicted octanol–water partition coefficient (Wildman–Crippen LogP) is 3.06. The molecule has 3 nitrogen and oxygen atoms in total. The first-order valence-corrected chi connectivity index (χ1v) is 7.70. The molecular formula is C15H22BrClN2O. The maximum atomic E-state index is 12.0. The van der Waals surface area contributed by atoms with Gasteiger partial charge in [0.1, 0.15) is 0 Å². The Hall–Kier alpha value is -0.580. The molecule has 1 amide bonds. The Morgan fingerprint density at radius 3 is 2.90 bits per heavy atom. The second kappa shape index (κ2) is 8.65. The summed E-state index contributed by atoms with van der Waals surface area (Å²) in [5.74, 6) is 0.162. The SMILES string of the molecule is CC1CC(NC(=O)CCc2ccccc2Br)CCN1.Cl. The van der Waals surface area contributed by atoms with Gasteiger partial charge in [-0.2, -0.15) is 0 Å². The summed E-state index contributed by atoms with van der Waals surface area (Å²) in [5, 5.41) is 6.54. The molecule has 1 aliphatic heterocycles. The second-order valence-corrected chi connectivity index (χ2v) is 6.09. The van der Waals surface area contributed by atoms with Gasteiger partial charge in [0.2, 0.25) is 5.91 Å². The van der Waals surface area contributed by atoms with E-state index in [1.165, 1.54) is 5.56 Å². The van der Waals surface area contributed by atoms with Crippen molar-refractivity contribution < 1.29 is 4.79 Å². The first-order valence-electron chi connectivity index (χ1n) is 6.91. The molecule has 0 bridgehead atoms. The number of piperidine rings is 1. The van der Waals surface area contributed by atoms with Crippen molar-refractivity contribution in [2.24, 2.45) is 0 Å². The lowest BCUT2D eigenvalue weighted by atomic mass is 10.0. The molecule has 2 rings (SSSR count). The van der Waals surface area contributed by atoms with Crippen molar-refractivity contribution in [2.45, 2.75) is 44.7 Å². The molecule has 1 heterocycles. The third-order valence-corrected chi connectivity index (χ3v) is 4.34. The molecule has 1 aromatic carbocycles. The normalized spacial score (nSPS) is 21.9. The van der Waals surface area contributed by atoms with Crippen LogP contribution in [0.2, 0.25) is 0 Å². The van der Waals surface area contributed by atoms with Crippen LogP contribution in [0.3, 0.4) is 0 Å². The van der Waals surface area contributed by atoms with Gasteiger partial charge in [-0.05, 0) is 44.4 Å². The van der Waals surface area contributed by atoms with E-state index in [1.54, 1.807) is 0 Å². The number of hydrogen-bond donors (Lipinski definition) is 2. The zero-order valence-corrected chi connectivity index (χ0v) is 14.1. The number of carbonyl (C=O) groups is 1. The number of aryl methyl sites for hydroxylation is 1. The van der Waals surface area contributed by atoms with Crippen LogP contribution in [0.15, 0.2) is 28.7 Å². The molecular weight excluding hydrogens is 340 g/mol. The van der Waals surface area contributed by atoms with Crippen LogP contribution in [-0.4, -0.2) is 24.5 Å². The highest BCUT2D eigenvalue weighted by Gasteiger charge is 2.19. The van der Waals surface area contributed by atoms with Crippen LogP contribution in [0.5, 0.6) is 0 Å². The van der Waals surface area contributed by atoms with E-state index < -0.39 is 0 Å². The number of rotatable bonds is 4. The van der Waals surface area contributed by atoms with Crippen molar-refractivity contribution in [3.05, 3.63) is 34.3 Å². The molecule has 1 fully saturated rings. The molecule has 0 saturated carbocycles. The highest BCUT2D eigenvalue weighted by Crippen LogP contribution is 2.17. The molecule has 0 aromatic heterocycles. The number of hydrogen-bond acceptors (Lipinski definition) is 2. The van der Waals surface area contributed by atoms with Gasteiger partial charge in [0.15, 0.2) is 0 Å². The first kappa shape index (κ1) is 17.5. The Morgan fingerprint density at radius 2 is 2.20 bits per heavy atom. The molecule has 1 aliphatic rings. The van der Waals surface area contributed by atoms with E-state index in [1.807, 2.05) is 18.2 Å². The van der Waals surface area contributed by atoms with Crippen LogP contribution < -0.4 is 10.6 Å². The van der Waals surface area contributed by atoms with Crippen LogP contribution in [0.1, 0.15) is 31.7 Å². The van der Waals surface area contributed by atoms with Gasteiger partial charge < -0.3 is 10.6 Å². The van der Waals surface area contributed by atoms with E-state index in [0.29, 0.717) is 18.5 Å². The van der Waals surface area contributed by atoms with E-state index in [9.17, 15) is 4.79 Å². The summed E-state index contributed by atoms with van der Waals surface area (Å²) in [7, 11) is 0. The molecule has 0 radical (unpaired) electrons. The Labute approximate surface area is 135 Å². The lowest BCUT2D eigenvalue weighted by Gasteiger charge is -2.28. The average Bonchev–Trinajstić information content (AvgIpc) is 2.38. The fourth-order valence-electron chi connectivity index (χ4n) is 2.51. The number of nitrogens with one attached hydrogen (secondary N) is 2. The van der Waals surface area contributed by atoms with E-state index in [0.717, 1.165) is 30.3 Å². The van der Waals surface area contributed by atoms with Crippen molar-refractivity contribution >= 4 is 34.2 Å². The van der Waals surface area contributed by atoms with Gasteiger partial charge in [-0.3, -0.25) is 4.79 Å². The highest BCUT2D eigenvalue weighted by molar-refractivity contribution is 9.10. The van der Waals surface area contributed by atoms with Gasteiger partial charge >= 0.3 is 0 Å². The molecule has 5 heteroatoms. The van der Waals surface area contributed by atoms with E-state index in [-0.39, 0.29) is 18.3 Å². The summed E-state index contributed by atoms with van der Waals surface area (Å²) in [5.41, 5.74) is 1.19. The lowest BCUT2D eigenvalue weighted by Crippen LogP contribution is -2.46. The third-order valence-electron chi connectivity index (χ3n) is 3.57. The van der Waals surface area contributed by atoms with Crippen molar-refractivity contribution in [2.75, 3.05) is 6.54 Å². The summed E-state index contributed by atoms with van der Waals surface area (Å²) in [6.07, 6.45) is 3.40. The third kappa shape index (κ3) is 5.43. The Kier molecular flexibility index (Phi) is 7.56. The number of benzene rings is 1. The van der Waals surface area contributed by atoms with Crippen LogP contribution in [0.25, 0.3) is 0 Å². The van der Waals surface area contributed by atoms with Gasteiger partial charge in [0.05, 0.1) is 0 Å². The molecule has 2 atom stereocenters. The fraction of sp³-hybridized carbons (Fsp3) is 0.533. The summed E-state index contributed by atoms with van der Waals surface area (Å²) in [6.45, 7) is 3.16. The first-order chi connectivity index (χ1) is 9.15. The smallest absolute Gasteiger partial charge is 0.220 e. The van der Waals surface area contributed by atoms with E-state index in [2.05, 4.69) is 39.6 Å². The Morgan fingerprint density at radius 1 is 1.45 bits per heavy atom.